The lowest BCUT2D eigenvalue weighted by molar-refractivity contribution is -0.144. The number of carbonyl (C=O) groups is 1. The molecule has 0 bridgehead atoms. The molecule has 0 radical (unpaired) electrons. The number of amides is 1. The highest BCUT2D eigenvalue weighted by molar-refractivity contribution is 5.85. The van der Waals surface area contributed by atoms with E-state index in [1.54, 1.807) is 6.92 Å². The Balaban J connectivity index is 2.01. The molecule has 1 aliphatic heterocycles. The number of alkyl halides is 3. The maximum atomic E-state index is 12.7. The van der Waals surface area contributed by atoms with Crippen molar-refractivity contribution >= 4 is 17.5 Å². The number of halogens is 3. The molecule has 0 aromatic carbocycles. The minimum atomic E-state index is -4.65. The van der Waals surface area contributed by atoms with Gasteiger partial charge in [0.15, 0.2) is 0 Å². The average molecular weight is 314 g/mol. The van der Waals surface area contributed by atoms with Crippen LogP contribution in [-0.2, 0) is 11.0 Å². The second kappa shape index (κ2) is 5.11. The van der Waals surface area contributed by atoms with Crippen molar-refractivity contribution < 1.29 is 18.0 Å². The molecule has 1 atom stereocenters. The molecule has 2 aromatic rings. The number of anilines is 1. The van der Waals surface area contributed by atoms with E-state index in [1.807, 2.05) is 0 Å². The summed E-state index contributed by atoms with van der Waals surface area (Å²) in [4.78, 5) is 19.1. The molecule has 2 aromatic heterocycles. The van der Waals surface area contributed by atoms with Crippen LogP contribution in [0.1, 0.15) is 24.4 Å². The van der Waals surface area contributed by atoms with E-state index in [2.05, 4.69) is 25.7 Å². The van der Waals surface area contributed by atoms with Crippen LogP contribution in [0.15, 0.2) is 6.07 Å². The third-order valence-electron chi connectivity index (χ3n) is 3.30. The lowest BCUT2D eigenvalue weighted by Crippen LogP contribution is -2.44. The second-order valence-corrected chi connectivity index (χ2v) is 5.06. The first kappa shape index (κ1) is 14.5. The highest BCUT2D eigenvalue weighted by atomic mass is 19.4. The van der Waals surface area contributed by atoms with Crippen LogP contribution in [0, 0.1) is 6.92 Å². The van der Waals surface area contributed by atoms with Crippen LogP contribution in [0.25, 0.3) is 5.78 Å². The molecule has 2 N–H and O–H groups in total. The molecule has 0 spiro atoms. The molecule has 118 valence electrons. The molecule has 22 heavy (non-hydrogen) atoms. The summed E-state index contributed by atoms with van der Waals surface area (Å²) in [5.74, 6) is -1.36. The number of fused-ring (bicyclic) bond motifs is 1. The lowest BCUT2D eigenvalue weighted by atomic mass is 10.1. The number of aromatic nitrogens is 4. The van der Waals surface area contributed by atoms with Crippen molar-refractivity contribution in [3.05, 3.63) is 17.6 Å². The van der Waals surface area contributed by atoms with E-state index in [4.69, 9.17) is 0 Å². The molecule has 0 aliphatic carbocycles. The Labute approximate surface area is 122 Å². The number of hydrogen-bond acceptors (Lipinski definition) is 5. The Morgan fingerprint density at radius 3 is 2.86 bits per heavy atom. The Kier molecular flexibility index (Phi) is 3.38. The standard InChI is InChI=1S/C12H13F3N6O/c1-6-5-8(18-7-3-2-4-16-9(7)22)21-11(17-6)19-10(20-21)12(13,14)15/h5,7,18H,2-4H2,1H3,(H,16,22)/t7-/m0/s1. The fraction of sp³-hybridized carbons (Fsp3) is 0.500. The molecule has 7 nitrogen and oxygen atoms in total. The SMILES string of the molecule is Cc1cc(N[C@H]2CCCNC2=O)n2nc(C(F)(F)F)nc2n1. The number of nitrogens with zero attached hydrogens (tertiary/aromatic N) is 4. The first-order valence-corrected chi connectivity index (χ1v) is 6.70. The van der Waals surface area contributed by atoms with Gasteiger partial charge < -0.3 is 10.6 Å². The normalized spacial score (nSPS) is 19.3. The largest absolute Gasteiger partial charge is 0.453 e. The predicted octanol–water partition coefficient (Wildman–Crippen LogP) is 1.14. The first-order chi connectivity index (χ1) is 10.3. The highest BCUT2D eigenvalue weighted by Crippen LogP contribution is 2.27. The van der Waals surface area contributed by atoms with Gasteiger partial charge in [0, 0.05) is 18.3 Å². The monoisotopic (exact) mass is 314 g/mol. The van der Waals surface area contributed by atoms with E-state index in [0.717, 1.165) is 10.9 Å². The molecule has 10 heteroatoms. The smallest absolute Gasteiger partial charge is 0.358 e. The van der Waals surface area contributed by atoms with E-state index < -0.39 is 18.0 Å². The summed E-state index contributed by atoms with van der Waals surface area (Å²) in [5.41, 5.74) is 0.479. The highest BCUT2D eigenvalue weighted by Gasteiger charge is 2.37. The molecular formula is C12H13F3N6O. The van der Waals surface area contributed by atoms with Gasteiger partial charge in [-0.3, -0.25) is 4.79 Å². The van der Waals surface area contributed by atoms with E-state index in [9.17, 15) is 18.0 Å². The summed E-state index contributed by atoms with van der Waals surface area (Å²) in [7, 11) is 0. The van der Waals surface area contributed by atoms with Gasteiger partial charge in [-0.05, 0) is 19.8 Å². The van der Waals surface area contributed by atoms with E-state index in [1.165, 1.54) is 6.07 Å². The van der Waals surface area contributed by atoms with Gasteiger partial charge in [0.25, 0.3) is 11.6 Å². The zero-order chi connectivity index (χ0) is 15.9. The van der Waals surface area contributed by atoms with Crippen LogP contribution in [0.5, 0.6) is 0 Å². The van der Waals surface area contributed by atoms with Gasteiger partial charge in [-0.15, -0.1) is 5.10 Å². The van der Waals surface area contributed by atoms with E-state index in [-0.39, 0.29) is 17.5 Å². The summed E-state index contributed by atoms with van der Waals surface area (Å²) in [5, 5.41) is 9.06. The molecule has 3 rings (SSSR count). The molecular weight excluding hydrogens is 301 g/mol. The number of hydrogen-bond donors (Lipinski definition) is 2. The second-order valence-electron chi connectivity index (χ2n) is 5.06. The zero-order valence-corrected chi connectivity index (χ0v) is 11.6. The summed E-state index contributed by atoms with van der Waals surface area (Å²) < 4.78 is 39.2. The van der Waals surface area contributed by atoms with Gasteiger partial charge in [-0.2, -0.15) is 22.7 Å². The Morgan fingerprint density at radius 2 is 2.18 bits per heavy atom. The molecule has 1 aliphatic rings. The van der Waals surface area contributed by atoms with Crippen LogP contribution < -0.4 is 10.6 Å². The minimum absolute atomic E-state index is 0.161. The van der Waals surface area contributed by atoms with Gasteiger partial charge in [-0.25, -0.2) is 4.98 Å². The molecule has 0 saturated carbocycles. The van der Waals surface area contributed by atoms with Crippen LogP contribution in [-0.4, -0.2) is 38.1 Å². The Hall–Kier alpha value is -2.39. The quantitative estimate of drug-likeness (QED) is 0.868. The average Bonchev–Trinajstić information content (AvgIpc) is 2.85. The summed E-state index contributed by atoms with van der Waals surface area (Å²) in [6.45, 7) is 2.23. The van der Waals surface area contributed by atoms with Crippen molar-refractivity contribution in [3.8, 4) is 0 Å². The molecule has 1 amide bonds. The van der Waals surface area contributed by atoms with Crippen molar-refractivity contribution in [2.24, 2.45) is 0 Å². The molecule has 1 saturated heterocycles. The number of nitrogens with one attached hydrogen (secondary N) is 2. The Morgan fingerprint density at radius 1 is 1.41 bits per heavy atom. The maximum absolute atomic E-state index is 12.7. The number of carbonyl (C=O) groups excluding carboxylic acids is 1. The van der Waals surface area contributed by atoms with Gasteiger partial charge in [0.2, 0.25) is 5.91 Å². The minimum Gasteiger partial charge on any atom is -0.358 e. The third kappa shape index (κ3) is 2.68. The third-order valence-corrected chi connectivity index (χ3v) is 3.30. The van der Waals surface area contributed by atoms with Gasteiger partial charge in [0.1, 0.15) is 11.9 Å². The molecule has 3 heterocycles. The number of piperidine rings is 1. The van der Waals surface area contributed by atoms with Crippen molar-refractivity contribution in [3.63, 3.8) is 0 Å². The van der Waals surface area contributed by atoms with Crippen molar-refractivity contribution in [1.29, 1.82) is 0 Å². The summed E-state index contributed by atoms with van der Waals surface area (Å²) in [6, 6.07) is 1.02. The molecule has 1 fully saturated rings. The number of rotatable bonds is 2. The fourth-order valence-electron chi connectivity index (χ4n) is 2.30. The fourth-order valence-corrected chi connectivity index (χ4v) is 2.30. The summed E-state index contributed by atoms with van der Waals surface area (Å²) in [6.07, 6.45) is -3.27. The lowest BCUT2D eigenvalue weighted by Gasteiger charge is -2.23. The summed E-state index contributed by atoms with van der Waals surface area (Å²) >= 11 is 0. The van der Waals surface area contributed by atoms with Crippen LogP contribution in [0.4, 0.5) is 19.0 Å². The molecule has 0 unspecified atom stereocenters. The maximum Gasteiger partial charge on any atom is 0.453 e. The van der Waals surface area contributed by atoms with E-state index >= 15 is 0 Å². The number of aryl methyl sites for hydroxylation is 1. The first-order valence-electron chi connectivity index (χ1n) is 6.70. The zero-order valence-electron chi connectivity index (χ0n) is 11.6. The van der Waals surface area contributed by atoms with E-state index in [0.29, 0.717) is 18.7 Å². The van der Waals surface area contributed by atoms with Crippen LogP contribution in [0.3, 0.4) is 0 Å². The van der Waals surface area contributed by atoms with Crippen molar-refractivity contribution in [1.82, 2.24) is 24.9 Å². The van der Waals surface area contributed by atoms with Gasteiger partial charge in [-0.1, -0.05) is 0 Å². The van der Waals surface area contributed by atoms with Crippen molar-refractivity contribution in [2.45, 2.75) is 32.0 Å². The van der Waals surface area contributed by atoms with Crippen LogP contribution in [0.2, 0.25) is 0 Å². The van der Waals surface area contributed by atoms with Crippen molar-refractivity contribution in [2.75, 3.05) is 11.9 Å². The topological polar surface area (TPSA) is 84.2 Å². The predicted molar refractivity (Wildman–Crippen MR) is 70.2 cm³/mol. The Bertz CT molecular complexity index is 725. The van der Waals surface area contributed by atoms with Gasteiger partial charge in [0.05, 0.1) is 0 Å². The van der Waals surface area contributed by atoms with Gasteiger partial charge >= 0.3 is 6.18 Å². The van der Waals surface area contributed by atoms with Crippen LogP contribution >= 0.6 is 0 Å².